The Morgan fingerprint density at radius 3 is 1.67 bits per heavy atom. The summed E-state index contributed by atoms with van der Waals surface area (Å²) >= 11 is 0. The second-order valence-electron chi connectivity index (χ2n) is 13.4. The minimum atomic E-state index is -1.25. The average molecular weight is 733 g/mol. The fourth-order valence-electron chi connectivity index (χ4n) is 5.38. The Morgan fingerprint density at radius 1 is 0.769 bits per heavy atom. The van der Waals surface area contributed by atoms with E-state index in [2.05, 4.69) is 27.8 Å². The molecule has 1 rings (SSSR count). The van der Waals surface area contributed by atoms with Crippen LogP contribution in [0, 0.1) is 5.92 Å². The molecule has 0 aliphatic rings. The van der Waals surface area contributed by atoms with Gasteiger partial charge in [0.05, 0.1) is 6.04 Å². The summed E-state index contributed by atoms with van der Waals surface area (Å²) < 4.78 is 0. The Hall–Kier alpha value is -4.54. The molecule has 0 heterocycles. The third kappa shape index (κ3) is 16.2. The molecule has 0 saturated heterocycles. The molecule has 0 radical (unpaired) electrons. The highest BCUT2D eigenvalue weighted by atomic mass is 16.4. The van der Waals surface area contributed by atoms with E-state index in [-0.39, 0.29) is 43.8 Å². The Labute approximate surface area is 306 Å². The molecular weight excluding hydrogens is 672 g/mol. The van der Waals surface area contributed by atoms with Crippen LogP contribution in [0.1, 0.15) is 77.7 Å². The lowest BCUT2D eigenvalue weighted by Gasteiger charge is -2.31. The Kier molecular flexibility index (Phi) is 20.9. The zero-order valence-electron chi connectivity index (χ0n) is 30.9. The molecule has 292 valence electrons. The van der Waals surface area contributed by atoms with Gasteiger partial charge in [0.15, 0.2) is 0 Å². The van der Waals surface area contributed by atoms with Crippen LogP contribution in [0.4, 0.5) is 0 Å². The van der Waals surface area contributed by atoms with Crippen molar-refractivity contribution >= 4 is 35.5 Å². The first-order chi connectivity index (χ1) is 24.6. The number of hydrogen-bond donors (Lipinski definition) is 9. The first-order valence-corrected chi connectivity index (χ1v) is 17.8. The number of nitrogens with two attached hydrogens (primary N) is 3. The molecule has 0 bridgehead atoms. The molecule has 0 aromatic heterocycles. The standard InChI is InChI=1S/C36H60N8O8/c1-6-11-26(41-34(49)28(13-8-10-19-38)42-33(48)27(12-7-9-18-37)40-31(46)23(4)39)32(47)43-29(21-24-14-16-25(45)17-15-24)35(50)44(5)30(36(51)52)20-22(2)3/h6,14-17,22-23,26-30,45H,1,7-13,18-21,37-39H2,2-5H3,(H,40,46)(H,41,49)(H,42,48)(H,43,47)(H,51,52)/t23-,26-,27-,28-,29-,30-/m0/s1. The SMILES string of the molecule is C=CC[C@H](NC(=O)[C@H](CCCCN)NC(=O)[C@H](CCCCN)NC(=O)[C@H](C)N)C(=O)N[C@@H](Cc1ccc(O)cc1)C(=O)N(C)[C@@H](CC(C)C)C(=O)O. The summed E-state index contributed by atoms with van der Waals surface area (Å²) in [5, 5.41) is 30.3. The number of phenolic OH excluding ortho intramolecular Hbond substituents is 1. The van der Waals surface area contributed by atoms with Crippen molar-refractivity contribution in [3.8, 4) is 5.75 Å². The van der Waals surface area contributed by atoms with Crippen LogP contribution >= 0.6 is 0 Å². The number of unbranched alkanes of at least 4 members (excludes halogenated alkanes) is 2. The number of phenols is 1. The maximum atomic E-state index is 13.8. The van der Waals surface area contributed by atoms with Crippen molar-refractivity contribution in [2.75, 3.05) is 20.1 Å². The van der Waals surface area contributed by atoms with Crippen LogP contribution in [0.5, 0.6) is 5.75 Å². The fourth-order valence-corrected chi connectivity index (χ4v) is 5.38. The molecule has 6 atom stereocenters. The van der Waals surface area contributed by atoms with Gasteiger partial charge in [-0.2, -0.15) is 0 Å². The molecule has 1 aromatic rings. The number of aromatic hydroxyl groups is 1. The summed E-state index contributed by atoms with van der Waals surface area (Å²) in [6.07, 6.45) is 4.08. The number of nitrogens with one attached hydrogen (secondary N) is 4. The number of carbonyl (C=O) groups is 6. The van der Waals surface area contributed by atoms with Crippen molar-refractivity contribution < 1.29 is 39.0 Å². The molecule has 12 N–H and O–H groups in total. The maximum Gasteiger partial charge on any atom is 0.326 e. The largest absolute Gasteiger partial charge is 0.508 e. The quantitative estimate of drug-likeness (QED) is 0.0477. The number of nitrogens with zero attached hydrogens (tertiary/aromatic N) is 1. The lowest BCUT2D eigenvalue weighted by Crippen LogP contribution is -2.59. The molecule has 16 nitrogen and oxygen atoms in total. The number of hydrogen-bond acceptors (Lipinski definition) is 10. The maximum absolute atomic E-state index is 13.8. The van der Waals surface area contributed by atoms with E-state index >= 15 is 0 Å². The molecule has 0 spiro atoms. The van der Waals surface area contributed by atoms with Gasteiger partial charge in [-0.25, -0.2) is 4.79 Å². The van der Waals surface area contributed by atoms with Crippen molar-refractivity contribution in [1.29, 1.82) is 0 Å². The van der Waals surface area contributed by atoms with Crippen LogP contribution in [0.25, 0.3) is 0 Å². The number of benzene rings is 1. The van der Waals surface area contributed by atoms with Crippen LogP contribution in [-0.4, -0.2) is 107 Å². The van der Waals surface area contributed by atoms with Gasteiger partial charge in [-0.3, -0.25) is 24.0 Å². The summed E-state index contributed by atoms with van der Waals surface area (Å²) in [7, 11) is 1.36. The highest BCUT2D eigenvalue weighted by Gasteiger charge is 2.35. The first-order valence-electron chi connectivity index (χ1n) is 17.8. The molecule has 0 fully saturated rings. The van der Waals surface area contributed by atoms with Crippen molar-refractivity contribution in [2.24, 2.45) is 23.1 Å². The summed E-state index contributed by atoms with van der Waals surface area (Å²) in [6.45, 7) is 9.58. The number of likely N-dealkylation sites (N-methyl/N-ethyl adjacent to an activating group) is 1. The highest BCUT2D eigenvalue weighted by Crippen LogP contribution is 2.16. The van der Waals surface area contributed by atoms with Crippen molar-refractivity contribution in [3.63, 3.8) is 0 Å². The molecule has 0 aliphatic carbocycles. The number of aliphatic carboxylic acids is 1. The van der Waals surface area contributed by atoms with E-state index in [0.29, 0.717) is 44.3 Å². The second kappa shape index (κ2) is 23.8. The lowest BCUT2D eigenvalue weighted by atomic mass is 9.99. The van der Waals surface area contributed by atoms with Crippen LogP contribution in [0.15, 0.2) is 36.9 Å². The van der Waals surface area contributed by atoms with E-state index in [1.165, 1.54) is 32.2 Å². The van der Waals surface area contributed by atoms with Gasteiger partial charge < -0.3 is 53.6 Å². The predicted octanol–water partition coefficient (Wildman–Crippen LogP) is 0.0129. The van der Waals surface area contributed by atoms with Gasteiger partial charge >= 0.3 is 5.97 Å². The van der Waals surface area contributed by atoms with Crippen molar-refractivity contribution in [3.05, 3.63) is 42.5 Å². The molecule has 5 amide bonds. The molecule has 0 aliphatic heterocycles. The molecule has 1 aromatic carbocycles. The predicted molar refractivity (Wildman–Crippen MR) is 197 cm³/mol. The van der Waals surface area contributed by atoms with Crippen LogP contribution in [0.2, 0.25) is 0 Å². The monoisotopic (exact) mass is 732 g/mol. The van der Waals surface area contributed by atoms with E-state index < -0.39 is 71.8 Å². The zero-order chi connectivity index (χ0) is 39.4. The van der Waals surface area contributed by atoms with Gasteiger partial charge in [0.2, 0.25) is 29.5 Å². The van der Waals surface area contributed by atoms with Gasteiger partial charge in [0.25, 0.3) is 0 Å². The smallest absolute Gasteiger partial charge is 0.326 e. The number of carboxylic acids is 1. The minimum absolute atomic E-state index is 0.00396. The molecule has 16 heteroatoms. The Morgan fingerprint density at radius 2 is 1.23 bits per heavy atom. The number of carboxylic acid groups (broad SMARTS) is 1. The van der Waals surface area contributed by atoms with Gasteiger partial charge in [-0.05, 0) is 95.0 Å². The summed E-state index contributed by atoms with van der Waals surface area (Å²) in [6, 6.07) is -0.632. The molecule has 0 saturated carbocycles. The van der Waals surface area contributed by atoms with Gasteiger partial charge in [0.1, 0.15) is 36.0 Å². The van der Waals surface area contributed by atoms with Crippen LogP contribution in [-0.2, 0) is 35.2 Å². The average Bonchev–Trinajstić information content (AvgIpc) is 3.09. The van der Waals surface area contributed by atoms with Gasteiger partial charge in [-0.1, -0.05) is 32.1 Å². The lowest BCUT2D eigenvalue weighted by molar-refractivity contribution is -0.151. The van der Waals surface area contributed by atoms with E-state index in [9.17, 15) is 39.0 Å². The van der Waals surface area contributed by atoms with E-state index in [1.54, 1.807) is 12.1 Å². The zero-order valence-corrected chi connectivity index (χ0v) is 30.9. The summed E-state index contributed by atoms with van der Waals surface area (Å²) in [4.78, 5) is 80.4. The van der Waals surface area contributed by atoms with Crippen LogP contribution in [0.3, 0.4) is 0 Å². The summed E-state index contributed by atoms with van der Waals surface area (Å²) in [5.74, 6) is -4.50. The van der Waals surface area contributed by atoms with Gasteiger partial charge in [0, 0.05) is 13.5 Å². The Balaban J connectivity index is 3.36. The van der Waals surface area contributed by atoms with Crippen molar-refractivity contribution in [2.45, 2.75) is 115 Å². The van der Waals surface area contributed by atoms with Gasteiger partial charge in [-0.15, -0.1) is 6.58 Å². The minimum Gasteiger partial charge on any atom is -0.508 e. The molecular formula is C36H60N8O8. The molecule has 52 heavy (non-hydrogen) atoms. The first kappa shape index (κ1) is 45.5. The third-order valence-electron chi connectivity index (χ3n) is 8.39. The highest BCUT2D eigenvalue weighted by molar-refractivity contribution is 5.96. The van der Waals surface area contributed by atoms with Crippen molar-refractivity contribution in [1.82, 2.24) is 26.2 Å². The number of rotatable bonds is 25. The van der Waals surface area contributed by atoms with E-state index in [1.807, 2.05) is 13.8 Å². The Bertz CT molecular complexity index is 1320. The topological polar surface area (TPSA) is 272 Å². The second-order valence-corrected chi connectivity index (χ2v) is 13.4. The normalized spacial score (nSPS) is 14.5. The van der Waals surface area contributed by atoms with E-state index in [4.69, 9.17) is 17.2 Å². The summed E-state index contributed by atoms with van der Waals surface area (Å²) in [5.41, 5.74) is 17.5. The number of amides is 5. The fraction of sp³-hybridized carbons (Fsp3) is 0.611. The number of carbonyl (C=O) groups excluding carboxylic acids is 5. The van der Waals surface area contributed by atoms with Crippen LogP contribution < -0.4 is 38.5 Å². The third-order valence-corrected chi connectivity index (χ3v) is 8.39. The van der Waals surface area contributed by atoms with E-state index in [0.717, 1.165) is 4.90 Å². The molecule has 0 unspecified atom stereocenters.